The molecule has 0 saturated carbocycles. The van der Waals surface area contributed by atoms with Crippen molar-refractivity contribution in [3.63, 3.8) is 0 Å². The maximum absolute atomic E-state index is 5.93. The van der Waals surface area contributed by atoms with Crippen molar-refractivity contribution < 1.29 is 9.47 Å². The van der Waals surface area contributed by atoms with Crippen molar-refractivity contribution in [1.29, 1.82) is 0 Å². The van der Waals surface area contributed by atoms with Gasteiger partial charge in [-0.05, 0) is 42.3 Å². The van der Waals surface area contributed by atoms with Crippen molar-refractivity contribution in [2.24, 2.45) is 5.73 Å². The van der Waals surface area contributed by atoms with Crippen LogP contribution in [-0.2, 0) is 6.42 Å². The Bertz CT molecular complexity index is 644. The third-order valence-electron chi connectivity index (χ3n) is 3.15. The first kappa shape index (κ1) is 16.6. The summed E-state index contributed by atoms with van der Waals surface area (Å²) < 4.78 is 11.3. The monoisotopic (exact) mass is 335 g/mol. The molecule has 2 N–H and O–H groups in total. The topological polar surface area (TPSA) is 44.5 Å². The minimum atomic E-state index is 0.258. The second-order valence-electron chi connectivity index (χ2n) is 4.70. The van der Waals surface area contributed by atoms with Crippen LogP contribution in [0.2, 0.25) is 5.02 Å². The number of aryl methyl sites for hydroxylation is 1. The van der Waals surface area contributed by atoms with Gasteiger partial charge in [-0.25, -0.2) is 0 Å². The van der Waals surface area contributed by atoms with E-state index in [1.165, 1.54) is 5.56 Å². The minimum Gasteiger partial charge on any atom is -0.490 e. The Labute approximate surface area is 141 Å². The van der Waals surface area contributed by atoms with Crippen LogP contribution in [0.15, 0.2) is 42.5 Å². The Balaban J connectivity index is 1.87. The summed E-state index contributed by atoms with van der Waals surface area (Å²) in [6.45, 7) is 2.95. The van der Waals surface area contributed by atoms with Crippen LogP contribution in [0.1, 0.15) is 18.1 Å². The molecule has 0 aliphatic rings. The first-order valence-corrected chi connectivity index (χ1v) is 7.82. The predicted molar refractivity (Wildman–Crippen MR) is 94.1 cm³/mol. The zero-order chi connectivity index (χ0) is 15.9. The van der Waals surface area contributed by atoms with E-state index in [-0.39, 0.29) is 4.99 Å². The molecule has 0 atom stereocenters. The molecule has 0 aromatic heterocycles. The molecular formula is C17H18ClNO2S. The molecule has 0 radical (unpaired) electrons. The standard InChI is InChI=1S/C17H18ClNO2S/c1-2-12-3-6-14(7-4-12)20-9-10-21-16-8-5-13(18)11-15(16)17(19)22/h3-8,11H,2,9-10H2,1H3,(H2,19,22). The highest BCUT2D eigenvalue weighted by atomic mass is 35.5. The Morgan fingerprint density at radius 2 is 1.77 bits per heavy atom. The Kier molecular flexibility index (Phi) is 6.04. The lowest BCUT2D eigenvalue weighted by Gasteiger charge is -2.12. The second kappa shape index (κ2) is 8.01. The first-order chi connectivity index (χ1) is 10.6. The molecule has 2 rings (SSSR count). The molecule has 5 heteroatoms. The highest BCUT2D eigenvalue weighted by Crippen LogP contribution is 2.23. The van der Waals surface area contributed by atoms with Gasteiger partial charge < -0.3 is 15.2 Å². The van der Waals surface area contributed by atoms with Crippen molar-refractivity contribution in [2.45, 2.75) is 13.3 Å². The van der Waals surface area contributed by atoms with E-state index >= 15 is 0 Å². The van der Waals surface area contributed by atoms with Gasteiger partial charge in [0.15, 0.2) is 0 Å². The Hall–Kier alpha value is -1.78. The zero-order valence-corrected chi connectivity index (χ0v) is 13.9. The van der Waals surface area contributed by atoms with Gasteiger partial charge in [0.1, 0.15) is 29.7 Å². The molecule has 0 amide bonds. The van der Waals surface area contributed by atoms with Gasteiger partial charge in [0.25, 0.3) is 0 Å². The van der Waals surface area contributed by atoms with Crippen LogP contribution in [0.3, 0.4) is 0 Å². The maximum Gasteiger partial charge on any atom is 0.129 e. The number of rotatable bonds is 7. The third-order valence-corrected chi connectivity index (χ3v) is 3.60. The number of nitrogens with two attached hydrogens (primary N) is 1. The molecule has 0 bridgehead atoms. The highest BCUT2D eigenvalue weighted by Gasteiger charge is 2.07. The van der Waals surface area contributed by atoms with Crippen LogP contribution in [-0.4, -0.2) is 18.2 Å². The third kappa shape index (κ3) is 4.61. The van der Waals surface area contributed by atoms with Crippen molar-refractivity contribution >= 4 is 28.8 Å². The van der Waals surface area contributed by atoms with Crippen LogP contribution in [0.4, 0.5) is 0 Å². The summed E-state index contributed by atoms with van der Waals surface area (Å²) in [6, 6.07) is 13.2. The normalized spacial score (nSPS) is 10.3. The lowest BCUT2D eigenvalue weighted by molar-refractivity contribution is 0.217. The fourth-order valence-electron chi connectivity index (χ4n) is 1.95. The van der Waals surface area contributed by atoms with Crippen molar-refractivity contribution in [1.82, 2.24) is 0 Å². The van der Waals surface area contributed by atoms with E-state index < -0.39 is 0 Å². The molecule has 0 saturated heterocycles. The second-order valence-corrected chi connectivity index (χ2v) is 5.58. The zero-order valence-electron chi connectivity index (χ0n) is 12.3. The number of thiocarbonyl (C=S) groups is 1. The molecule has 116 valence electrons. The lowest BCUT2D eigenvalue weighted by atomic mass is 10.2. The van der Waals surface area contributed by atoms with Crippen LogP contribution < -0.4 is 15.2 Å². The Morgan fingerprint density at radius 3 is 2.41 bits per heavy atom. The largest absolute Gasteiger partial charge is 0.490 e. The van der Waals surface area contributed by atoms with Crippen LogP contribution >= 0.6 is 23.8 Å². The quantitative estimate of drug-likeness (QED) is 0.613. The van der Waals surface area contributed by atoms with Gasteiger partial charge in [-0.15, -0.1) is 0 Å². The van der Waals surface area contributed by atoms with Crippen molar-refractivity contribution in [2.75, 3.05) is 13.2 Å². The number of halogens is 1. The molecule has 22 heavy (non-hydrogen) atoms. The number of benzene rings is 2. The van der Waals surface area contributed by atoms with Gasteiger partial charge in [0, 0.05) is 5.02 Å². The molecule has 0 fully saturated rings. The summed E-state index contributed by atoms with van der Waals surface area (Å²) in [7, 11) is 0. The molecule has 0 aliphatic carbocycles. The molecule has 0 heterocycles. The maximum atomic E-state index is 5.93. The average molecular weight is 336 g/mol. The summed E-state index contributed by atoms with van der Waals surface area (Å²) in [6.07, 6.45) is 1.02. The van der Waals surface area contributed by atoms with Crippen molar-refractivity contribution in [3.05, 3.63) is 58.6 Å². The predicted octanol–water partition coefficient (Wildman–Crippen LogP) is 3.99. The van der Waals surface area contributed by atoms with Gasteiger partial charge >= 0.3 is 0 Å². The fourth-order valence-corrected chi connectivity index (χ4v) is 2.28. The summed E-state index contributed by atoms with van der Waals surface area (Å²) in [4.78, 5) is 0.258. The molecule has 2 aromatic rings. The summed E-state index contributed by atoms with van der Waals surface area (Å²) in [5, 5.41) is 0.572. The van der Waals surface area contributed by atoms with Crippen LogP contribution in [0.5, 0.6) is 11.5 Å². The summed E-state index contributed by atoms with van der Waals surface area (Å²) in [5.74, 6) is 1.44. The molecular weight excluding hydrogens is 318 g/mol. The molecule has 3 nitrogen and oxygen atoms in total. The number of hydrogen-bond donors (Lipinski definition) is 1. The van der Waals surface area contributed by atoms with E-state index in [1.807, 2.05) is 12.1 Å². The van der Waals surface area contributed by atoms with E-state index in [0.717, 1.165) is 12.2 Å². The molecule has 0 aliphatic heterocycles. The van der Waals surface area contributed by atoms with Crippen LogP contribution in [0, 0.1) is 0 Å². The smallest absolute Gasteiger partial charge is 0.129 e. The SMILES string of the molecule is CCc1ccc(OCCOc2ccc(Cl)cc2C(N)=S)cc1. The minimum absolute atomic E-state index is 0.258. The number of hydrogen-bond acceptors (Lipinski definition) is 3. The Morgan fingerprint density at radius 1 is 1.09 bits per heavy atom. The summed E-state index contributed by atoms with van der Waals surface area (Å²) in [5.41, 5.74) is 7.58. The molecule has 0 unspecified atom stereocenters. The van der Waals surface area contributed by atoms with E-state index in [9.17, 15) is 0 Å². The van der Waals surface area contributed by atoms with E-state index in [0.29, 0.717) is 29.5 Å². The summed E-state index contributed by atoms with van der Waals surface area (Å²) >= 11 is 10.9. The average Bonchev–Trinajstić information content (AvgIpc) is 2.53. The van der Waals surface area contributed by atoms with Gasteiger partial charge in [-0.1, -0.05) is 42.9 Å². The fraction of sp³-hybridized carbons (Fsp3) is 0.235. The van der Waals surface area contributed by atoms with E-state index in [1.54, 1.807) is 18.2 Å². The van der Waals surface area contributed by atoms with Gasteiger partial charge in [0.2, 0.25) is 0 Å². The van der Waals surface area contributed by atoms with Gasteiger partial charge in [-0.3, -0.25) is 0 Å². The molecule has 2 aromatic carbocycles. The number of ether oxygens (including phenoxy) is 2. The van der Waals surface area contributed by atoms with E-state index in [4.69, 9.17) is 39.0 Å². The van der Waals surface area contributed by atoms with Crippen LogP contribution in [0.25, 0.3) is 0 Å². The highest BCUT2D eigenvalue weighted by molar-refractivity contribution is 7.80. The van der Waals surface area contributed by atoms with Gasteiger partial charge in [-0.2, -0.15) is 0 Å². The van der Waals surface area contributed by atoms with E-state index in [2.05, 4.69) is 19.1 Å². The van der Waals surface area contributed by atoms with Gasteiger partial charge in [0.05, 0.1) is 5.56 Å². The molecule has 0 spiro atoms. The first-order valence-electron chi connectivity index (χ1n) is 7.04. The van der Waals surface area contributed by atoms with Crippen molar-refractivity contribution in [3.8, 4) is 11.5 Å². The lowest BCUT2D eigenvalue weighted by Crippen LogP contribution is -2.14.